The van der Waals surface area contributed by atoms with Crippen LogP contribution in [0, 0.1) is 18.8 Å². The molecule has 2 aromatic heterocycles. The number of rotatable bonds is 5. The lowest BCUT2D eigenvalue weighted by Crippen LogP contribution is -2.50. The number of anilines is 3. The minimum absolute atomic E-state index is 0.0596. The quantitative estimate of drug-likeness (QED) is 0.722. The Labute approximate surface area is 184 Å². The number of nitrogens with zero attached hydrogens (tertiary/aromatic N) is 5. The molecule has 1 aliphatic heterocycles. The van der Waals surface area contributed by atoms with Crippen LogP contribution in [0.4, 0.5) is 30.6 Å². The van der Waals surface area contributed by atoms with Crippen LogP contribution in [0.1, 0.15) is 43.8 Å². The average Bonchev–Trinajstić information content (AvgIpc) is 2.67. The van der Waals surface area contributed by atoms with Crippen molar-refractivity contribution in [2.24, 2.45) is 11.8 Å². The first-order chi connectivity index (χ1) is 15.0. The number of carbonyl (C=O) groups excluding carboxylic acids is 1. The van der Waals surface area contributed by atoms with Gasteiger partial charge in [-0.3, -0.25) is 4.79 Å². The van der Waals surface area contributed by atoms with Gasteiger partial charge in [0.25, 0.3) is 0 Å². The zero-order chi connectivity index (χ0) is 23.2. The molecule has 11 heteroatoms. The topological polar surface area (TPSA) is 95.9 Å². The van der Waals surface area contributed by atoms with Crippen LogP contribution in [0.2, 0.25) is 0 Å². The van der Waals surface area contributed by atoms with Gasteiger partial charge in [-0.15, -0.1) is 5.10 Å². The molecular formula is C21H26F3N7O. The summed E-state index contributed by atoms with van der Waals surface area (Å²) in [5.74, 6) is 1.57. The van der Waals surface area contributed by atoms with Gasteiger partial charge in [0.05, 0.1) is 11.4 Å². The van der Waals surface area contributed by atoms with E-state index in [-0.39, 0.29) is 23.9 Å². The molecule has 172 valence electrons. The van der Waals surface area contributed by atoms with Gasteiger partial charge >= 0.3 is 6.18 Å². The van der Waals surface area contributed by atoms with E-state index in [9.17, 15) is 18.0 Å². The van der Waals surface area contributed by atoms with Crippen molar-refractivity contribution >= 4 is 23.4 Å². The second-order valence-electron chi connectivity index (χ2n) is 8.91. The standard InChI is InChI=1S/C21H26F3N7O/c1-10(2)17-19(32)27-16-11(3)25-20(28-18(16)31(17)4)26-14-8-12(9-14)7-13-5-6-15(30-29-13)21(22,23)24/h5-6,10,12,14,17H,7-9H2,1-4H3,(H,27,32)(H,25,26,28)/t12-,14-,17-/m0/s1. The van der Waals surface area contributed by atoms with Crippen LogP contribution in [-0.2, 0) is 17.4 Å². The van der Waals surface area contributed by atoms with E-state index in [1.807, 2.05) is 32.7 Å². The molecule has 8 nitrogen and oxygen atoms in total. The largest absolute Gasteiger partial charge is 0.435 e. The number of aromatic nitrogens is 4. The molecule has 4 rings (SSSR count). The second kappa shape index (κ2) is 8.18. The van der Waals surface area contributed by atoms with E-state index in [4.69, 9.17) is 0 Å². The number of nitrogens with one attached hydrogen (secondary N) is 2. The number of carbonyl (C=O) groups is 1. The fourth-order valence-electron chi connectivity index (χ4n) is 4.40. The molecule has 2 aromatic rings. The molecule has 1 fully saturated rings. The highest BCUT2D eigenvalue weighted by Gasteiger charge is 2.36. The maximum atomic E-state index is 12.6. The molecule has 1 aliphatic carbocycles. The maximum Gasteiger partial charge on any atom is 0.435 e. The molecule has 1 amide bonds. The Hall–Kier alpha value is -2.98. The maximum absolute atomic E-state index is 12.6. The van der Waals surface area contributed by atoms with E-state index in [0.717, 1.165) is 18.9 Å². The number of likely N-dealkylation sites (N-methyl/N-ethyl adjacent to an activating group) is 1. The number of hydrogen-bond donors (Lipinski definition) is 2. The first kappa shape index (κ1) is 22.2. The van der Waals surface area contributed by atoms with Gasteiger partial charge in [-0.05, 0) is 50.2 Å². The zero-order valence-electron chi connectivity index (χ0n) is 18.4. The van der Waals surface area contributed by atoms with Crippen molar-refractivity contribution < 1.29 is 18.0 Å². The normalized spacial score (nSPS) is 22.9. The minimum Gasteiger partial charge on any atom is -0.351 e. The lowest BCUT2D eigenvalue weighted by atomic mass is 9.77. The first-order valence-corrected chi connectivity index (χ1v) is 10.6. The van der Waals surface area contributed by atoms with Gasteiger partial charge in [0, 0.05) is 13.1 Å². The van der Waals surface area contributed by atoms with Crippen LogP contribution in [0.5, 0.6) is 0 Å². The molecule has 0 saturated heterocycles. The number of aryl methyl sites for hydroxylation is 1. The molecule has 1 saturated carbocycles. The van der Waals surface area contributed by atoms with Gasteiger partial charge in [-0.2, -0.15) is 23.3 Å². The van der Waals surface area contributed by atoms with Crippen molar-refractivity contribution in [1.82, 2.24) is 20.2 Å². The number of hydrogen-bond acceptors (Lipinski definition) is 7. The third-order valence-electron chi connectivity index (χ3n) is 6.05. The zero-order valence-corrected chi connectivity index (χ0v) is 18.4. The van der Waals surface area contributed by atoms with Crippen LogP contribution in [-0.4, -0.2) is 45.2 Å². The summed E-state index contributed by atoms with van der Waals surface area (Å²) in [6, 6.07) is 2.23. The lowest BCUT2D eigenvalue weighted by Gasteiger charge is -2.38. The van der Waals surface area contributed by atoms with Gasteiger partial charge in [0.15, 0.2) is 11.5 Å². The second-order valence-corrected chi connectivity index (χ2v) is 8.91. The van der Waals surface area contributed by atoms with Crippen LogP contribution >= 0.6 is 0 Å². The highest BCUT2D eigenvalue weighted by atomic mass is 19.4. The third-order valence-corrected chi connectivity index (χ3v) is 6.05. The Bertz CT molecular complexity index is 1000. The minimum atomic E-state index is -4.48. The first-order valence-electron chi connectivity index (χ1n) is 10.6. The van der Waals surface area contributed by atoms with Gasteiger partial charge in [0.1, 0.15) is 11.7 Å². The molecule has 0 spiro atoms. The summed E-state index contributed by atoms with van der Waals surface area (Å²) >= 11 is 0. The summed E-state index contributed by atoms with van der Waals surface area (Å²) in [5, 5.41) is 13.3. The predicted octanol–water partition coefficient (Wildman–Crippen LogP) is 3.44. The Balaban J connectivity index is 1.37. The molecule has 1 atom stereocenters. The van der Waals surface area contributed by atoms with Crippen molar-refractivity contribution in [3.63, 3.8) is 0 Å². The molecule has 0 aromatic carbocycles. The van der Waals surface area contributed by atoms with Crippen LogP contribution < -0.4 is 15.5 Å². The molecule has 3 heterocycles. The number of amides is 1. The molecule has 0 unspecified atom stereocenters. The van der Waals surface area contributed by atoms with E-state index in [1.165, 1.54) is 6.07 Å². The monoisotopic (exact) mass is 449 g/mol. The highest BCUT2D eigenvalue weighted by molar-refractivity contribution is 6.03. The molecule has 0 radical (unpaired) electrons. The van der Waals surface area contributed by atoms with Gasteiger partial charge in [-0.25, -0.2) is 4.98 Å². The van der Waals surface area contributed by atoms with Gasteiger partial charge < -0.3 is 15.5 Å². The predicted molar refractivity (Wildman–Crippen MR) is 113 cm³/mol. The Morgan fingerprint density at radius 1 is 1.22 bits per heavy atom. The summed E-state index contributed by atoms with van der Waals surface area (Å²) in [5.41, 5.74) is 0.901. The van der Waals surface area contributed by atoms with Crippen molar-refractivity contribution in [2.45, 2.75) is 58.3 Å². The fraction of sp³-hybridized carbons (Fsp3) is 0.571. The van der Waals surface area contributed by atoms with E-state index in [0.29, 0.717) is 41.2 Å². The fourth-order valence-corrected chi connectivity index (χ4v) is 4.40. The van der Waals surface area contributed by atoms with E-state index in [2.05, 4.69) is 30.8 Å². The van der Waals surface area contributed by atoms with E-state index < -0.39 is 11.9 Å². The molecular weight excluding hydrogens is 423 g/mol. The van der Waals surface area contributed by atoms with E-state index >= 15 is 0 Å². The summed E-state index contributed by atoms with van der Waals surface area (Å²) in [7, 11) is 1.86. The smallest absolute Gasteiger partial charge is 0.351 e. The average molecular weight is 449 g/mol. The van der Waals surface area contributed by atoms with Crippen molar-refractivity contribution in [2.75, 3.05) is 22.6 Å². The van der Waals surface area contributed by atoms with E-state index in [1.54, 1.807) is 0 Å². The summed E-state index contributed by atoms with van der Waals surface area (Å²) < 4.78 is 37.8. The molecule has 2 aliphatic rings. The van der Waals surface area contributed by atoms with Crippen molar-refractivity contribution in [3.05, 3.63) is 29.2 Å². The summed E-state index contributed by atoms with van der Waals surface area (Å²) in [4.78, 5) is 23.5. The Kier molecular flexibility index (Phi) is 5.68. The summed E-state index contributed by atoms with van der Waals surface area (Å²) in [6.45, 7) is 5.82. The van der Waals surface area contributed by atoms with Crippen molar-refractivity contribution in [1.29, 1.82) is 0 Å². The molecule has 2 N–H and O–H groups in total. The van der Waals surface area contributed by atoms with Crippen LogP contribution in [0.15, 0.2) is 12.1 Å². The van der Waals surface area contributed by atoms with Gasteiger partial charge in [-0.1, -0.05) is 13.8 Å². The molecule has 0 bridgehead atoms. The lowest BCUT2D eigenvalue weighted by molar-refractivity contribution is -0.141. The van der Waals surface area contributed by atoms with Gasteiger partial charge in [0.2, 0.25) is 11.9 Å². The number of alkyl halides is 3. The Morgan fingerprint density at radius 2 is 1.94 bits per heavy atom. The van der Waals surface area contributed by atoms with Crippen LogP contribution in [0.25, 0.3) is 0 Å². The third kappa shape index (κ3) is 4.33. The summed E-state index contributed by atoms with van der Waals surface area (Å²) in [6.07, 6.45) is -2.22. The SMILES string of the molecule is Cc1nc(N[C@H]2C[C@H](Cc3ccc(C(F)(F)F)nn3)C2)nc2c1NC(=O)[C@H](C(C)C)N2C. The Morgan fingerprint density at radius 3 is 2.53 bits per heavy atom. The number of halogens is 3. The van der Waals surface area contributed by atoms with Crippen LogP contribution in [0.3, 0.4) is 0 Å². The number of fused-ring (bicyclic) bond motifs is 1. The van der Waals surface area contributed by atoms with Crippen molar-refractivity contribution in [3.8, 4) is 0 Å². The highest BCUT2D eigenvalue weighted by Crippen LogP contribution is 2.36. The molecule has 32 heavy (non-hydrogen) atoms.